The highest BCUT2D eigenvalue weighted by atomic mass is 35.5. The van der Waals surface area contributed by atoms with Crippen molar-refractivity contribution in [3.05, 3.63) is 34.9 Å². The van der Waals surface area contributed by atoms with Crippen molar-refractivity contribution in [2.24, 2.45) is 5.92 Å². The van der Waals surface area contributed by atoms with Crippen molar-refractivity contribution in [1.82, 2.24) is 4.90 Å². The van der Waals surface area contributed by atoms with Crippen molar-refractivity contribution >= 4 is 17.6 Å². The molecule has 0 fully saturated rings. The van der Waals surface area contributed by atoms with E-state index in [2.05, 4.69) is 11.8 Å². The van der Waals surface area contributed by atoms with Crippen molar-refractivity contribution in [2.75, 3.05) is 20.7 Å². The first kappa shape index (κ1) is 15.0. The summed E-state index contributed by atoms with van der Waals surface area (Å²) in [5.74, 6) is -0.318. The Bertz CT molecular complexity index is 409. The lowest BCUT2D eigenvalue weighted by Crippen LogP contribution is -2.31. The summed E-state index contributed by atoms with van der Waals surface area (Å²) in [5, 5.41) is 0.730. The number of rotatable bonds is 5. The number of halogens is 1. The van der Waals surface area contributed by atoms with E-state index in [1.807, 2.05) is 38.2 Å². The van der Waals surface area contributed by atoms with Crippen molar-refractivity contribution in [3.63, 3.8) is 0 Å². The van der Waals surface area contributed by atoms with Gasteiger partial charge in [0.25, 0.3) is 0 Å². The zero-order chi connectivity index (χ0) is 13.7. The highest BCUT2D eigenvalue weighted by Gasteiger charge is 2.19. The Kier molecular flexibility index (Phi) is 5.63. The highest BCUT2D eigenvalue weighted by molar-refractivity contribution is 6.30. The summed E-state index contributed by atoms with van der Waals surface area (Å²) in [7, 11) is 3.41. The molecule has 0 saturated heterocycles. The summed E-state index contributed by atoms with van der Waals surface area (Å²) < 4.78 is 4.73. The van der Waals surface area contributed by atoms with Crippen molar-refractivity contribution in [2.45, 2.75) is 19.9 Å². The molecule has 18 heavy (non-hydrogen) atoms. The molecule has 0 aromatic heterocycles. The summed E-state index contributed by atoms with van der Waals surface area (Å²) >= 11 is 5.98. The first-order valence-corrected chi connectivity index (χ1v) is 6.37. The predicted octanol–water partition coefficient (Wildman–Crippen LogP) is 3.14. The van der Waals surface area contributed by atoms with Gasteiger partial charge >= 0.3 is 5.97 Å². The van der Waals surface area contributed by atoms with Gasteiger partial charge in [-0.1, -0.05) is 30.7 Å². The number of esters is 1. The van der Waals surface area contributed by atoms with Gasteiger partial charge in [-0.2, -0.15) is 0 Å². The molecule has 0 bridgehead atoms. The fourth-order valence-corrected chi connectivity index (χ4v) is 2.09. The van der Waals surface area contributed by atoms with Crippen LogP contribution in [0.2, 0.25) is 5.02 Å². The number of nitrogens with zero attached hydrogens (tertiary/aromatic N) is 1. The van der Waals surface area contributed by atoms with Gasteiger partial charge in [0, 0.05) is 17.6 Å². The first-order valence-electron chi connectivity index (χ1n) is 5.99. The monoisotopic (exact) mass is 269 g/mol. The second-order valence-electron chi connectivity index (χ2n) is 4.59. The number of benzene rings is 1. The number of carbonyl (C=O) groups excluding carboxylic acids is 1. The van der Waals surface area contributed by atoms with Crippen LogP contribution < -0.4 is 0 Å². The molecule has 0 amide bonds. The second kappa shape index (κ2) is 6.76. The summed E-state index contributed by atoms with van der Waals surface area (Å²) in [5.41, 5.74) is 1.14. The van der Waals surface area contributed by atoms with Crippen LogP contribution in [0.5, 0.6) is 0 Å². The molecule has 2 unspecified atom stereocenters. The molecule has 0 aliphatic carbocycles. The van der Waals surface area contributed by atoms with E-state index in [4.69, 9.17) is 16.3 Å². The molecule has 1 aromatic carbocycles. The third-order valence-electron chi connectivity index (χ3n) is 3.16. The van der Waals surface area contributed by atoms with Gasteiger partial charge in [-0.05, 0) is 31.7 Å². The van der Waals surface area contributed by atoms with E-state index < -0.39 is 0 Å². The first-order chi connectivity index (χ1) is 8.45. The van der Waals surface area contributed by atoms with Crippen LogP contribution in [-0.2, 0) is 9.53 Å². The fourth-order valence-electron chi connectivity index (χ4n) is 1.89. The van der Waals surface area contributed by atoms with Crippen LogP contribution in [0, 0.1) is 5.92 Å². The third-order valence-corrected chi connectivity index (χ3v) is 3.39. The van der Waals surface area contributed by atoms with E-state index in [1.165, 1.54) is 7.11 Å². The smallest absolute Gasteiger partial charge is 0.309 e. The maximum Gasteiger partial charge on any atom is 0.309 e. The lowest BCUT2D eigenvalue weighted by atomic mass is 10.1. The molecule has 1 aromatic rings. The maximum absolute atomic E-state index is 11.4. The van der Waals surface area contributed by atoms with Crippen LogP contribution in [0.3, 0.4) is 0 Å². The fraction of sp³-hybridized carbons (Fsp3) is 0.500. The summed E-state index contributed by atoms with van der Waals surface area (Å²) in [4.78, 5) is 13.5. The van der Waals surface area contributed by atoms with E-state index >= 15 is 0 Å². The van der Waals surface area contributed by atoms with Gasteiger partial charge in [-0.25, -0.2) is 0 Å². The molecule has 3 nitrogen and oxygen atoms in total. The van der Waals surface area contributed by atoms with Crippen LogP contribution in [-0.4, -0.2) is 31.6 Å². The van der Waals surface area contributed by atoms with Gasteiger partial charge in [0.1, 0.15) is 0 Å². The molecule has 0 radical (unpaired) electrons. The maximum atomic E-state index is 11.4. The standard InChI is InChI=1S/C14H20ClNO2/c1-10(14(17)18-4)9-16(3)11(2)12-6-5-7-13(15)8-12/h5-8,10-11H,9H2,1-4H3. The molecular weight excluding hydrogens is 250 g/mol. The molecule has 0 N–H and O–H groups in total. The van der Waals surface area contributed by atoms with Gasteiger partial charge in [0.15, 0.2) is 0 Å². The van der Waals surface area contributed by atoms with Crippen LogP contribution in [0.1, 0.15) is 25.5 Å². The van der Waals surface area contributed by atoms with Crippen molar-refractivity contribution < 1.29 is 9.53 Å². The van der Waals surface area contributed by atoms with Gasteiger partial charge in [0.2, 0.25) is 0 Å². The molecule has 100 valence electrons. The molecule has 0 spiro atoms. The lowest BCUT2D eigenvalue weighted by molar-refractivity contribution is -0.145. The largest absolute Gasteiger partial charge is 0.469 e. The average Bonchev–Trinajstić information content (AvgIpc) is 2.36. The molecule has 0 aliphatic rings. The summed E-state index contributed by atoms with van der Waals surface area (Å²) in [6.07, 6.45) is 0. The average molecular weight is 270 g/mol. The zero-order valence-electron chi connectivity index (χ0n) is 11.3. The van der Waals surface area contributed by atoms with Crippen molar-refractivity contribution in [1.29, 1.82) is 0 Å². The van der Waals surface area contributed by atoms with Crippen LogP contribution in [0.15, 0.2) is 24.3 Å². The summed E-state index contributed by atoms with van der Waals surface area (Å²) in [6, 6.07) is 7.98. The van der Waals surface area contributed by atoms with Gasteiger partial charge in [-0.15, -0.1) is 0 Å². The van der Waals surface area contributed by atoms with Gasteiger partial charge < -0.3 is 4.74 Å². The molecule has 0 saturated carbocycles. The highest BCUT2D eigenvalue weighted by Crippen LogP contribution is 2.22. The van der Waals surface area contributed by atoms with Crippen molar-refractivity contribution in [3.8, 4) is 0 Å². The minimum absolute atomic E-state index is 0.137. The third kappa shape index (κ3) is 4.00. The number of carbonyl (C=O) groups is 1. The van der Waals surface area contributed by atoms with E-state index in [0.717, 1.165) is 10.6 Å². The SMILES string of the molecule is COC(=O)C(C)CN(C)C(C)c1cccc(Cl)c1. The Morgan fingerprint density at radius 3 is 2.67 bits per heavy atom. The zero-order valence-corrected chi connectivity index (χ0v) is 12.1. The molecule has 2 atom stereocenters. The van der Waals surface area contributed by atoms with E-state index in [9.17, 15) is 4.79 Å². The van der Waals surface area contributed by atoms with Crippen LogP contribution in [0.4, 0.5) is 0 Å². The van der Waals surface area contributed by atoms with Crippen LogP contribution in [0.25, 0.3) is 0 Å². The molecule has 0 aliphatic heterocycles. The Labute approximate surface area is 114 Å². The topological polar surface area (TPSA) is 29.5 Å². The Hall–Kier alpha value is -1.06. The predicted molar refractivity (Wildman–Crippen MR) is 73.7 cm³/mol. The minimum atomic E-state index is -0.180. The minimum Gasteiger partial charge on any atom is -0.469 e. The second-order valence-corrected chi connectivity index (χ2v) is 5.03. The Balaban J connectivity index is 2.66. The van der Waals surface area contributed by atoms with Gasteiger partial charge in [-0.3, -0.25) is 9.69 Å². The quantitative estimate of drug-likeness (QED) is 0.769. The van der Waals surface area contributed by atoms with Gasteiger partial charge in [0.05, 0.1) is 13.0 Å². The lowest BCUT2D eigenvalue weighted by Gasteiger charge is -2.27. The van der Waals surface area contributed by atoms with E-state index in [0.29, 0.717) is 6.54 Å². The number of ether oxygens (including phenoxy) is 1. The molecule has 0 heterocycles. The molecule has 4 heteroatoms. The van der Waals surface area contributed by atoms with Crippen LogP contribution >= 0.6 is 11.6 Å². The number of methoxy groups -OCH3 is 1. The molecular formula is C14H20ClNO2. The molecule has 1 rings (SSSR count). The number of hydrogen-bond donors (Lipinski definition) is 0. The Morgan fingerprint density at radius 2 is 2.11 bits per heavy atom. The Morgan fingerprint density at radius 1 is 1.44 bits per heavy atom. The number of hydrogen-bond acceptors (Lipinski definition) is 3. The normalized spacial score (nSPS) is 14.3. The summed E-state index contributed by atoms with van der Waals surface area (Å²) in [6.45, 7) is 4.61. The van der Waals surface area contributed by atoms with E-state index in [-0.39, 0.29) is 17.9 Å². The van der Waals surface area contributed by atoms with E-state index in [1.54, 1.807) is 0 Å².